The first-order valence-electron chi connectivity index (χ1n) is 11.7. The van der Waals surface area contributed by atoms with Gasteiger partial charge in [-0.3, -0.25) is 0 Å². The third kappa shape index (κ3) is 6.75. The molecule has 0 aromatic carbocycles. The van der Waals surface area contributed by atoms with Gasteiger partial charge in [-0.2, -0.15) is 26.3 Å². The number of carbonyl (C=O) groups excluding carboxylic acids is 1. The van der Waals surface area contributed by atoms with Gasteiger partial charge in [0.15, 0.2) is 0 Å². The van der Waals surface area contributed by atoms with Crippen molar-refractivity contribution >= 4 is 17.7 Å². The second-order valence-corrected chi connectivity index (χ2v) is 10.3. The van der Waals surface area contributed by atoms with Crippen LogP contribution in [0, 0.1) is 11.8 Å². The maximum atomic E-state index is 13.1. The zero-order chi connectivity index (χ0) is 27.2. The molecule has 202 valence electrons. The predicted molar refractivity (Wildman–Crippen MR) is 122 cm³/mol. The van der Waals surface area contributed by atoms with Crippen molar-refractivity contribution < 1.29 is 35.9 Å². The summed E-state index contributed by atoms with van der Waals surface area (Å²) in [4.78, 5) is 22.3. The van der Waals surface area contributed by atoms with Crippen LogP contribution in [-0.4, -0.2) is 45.3 Å². The van der Waals surface area contributed by atoms with Gasteiger partial charge in [-0.1, -0.05) is 0 Å². The summed E-state index contributed by atoms with van der Waals surface area (Å²) in [5.41, 5.74) is -2.62. The molecule has 0 spiro atoms. The minimum absolute atomic E-state index is 0.0828. The van der Waals surface area contributed by atoms with Crippen molar-refractivity contribution in [3.63, 3.8) is 0 Å². The smallest absolute Gasteiger partial charge is 0.417 e. The van der Waals surface area contributed by atoms with Gasteiger partial charge in [-0.05, 0) is 69.7 Å². The van der Waals surface area contributed by atoms with E-state index >= 15 is 0 Å². The van der Waals surface area contributed by atoms with Gasteiger partial charge in [0.05, 0.1) is 17.2 Å². The Labute approximate surface area is 209 Å². The van der Waals surface area contributed by atoms with Crippen molar-refractivity contribution in [3.8, 4) is 0 Å². The number of halogens is 6. The average molecular weight is 532 g/mol. The van der Waals surface area contributed by atoms with E-state index in [9.17, 15) is 31.1 Å². The van der Waals surface area contributed by atoms with E-state index < -0.39 is 47.4 Å². The molecule has 3 atom stereocenters. The molecule has 4 rings (SSSR count). The van der Waals surface area contributed by atoms with Crippen molar-refractivity contribution in [1.82, 2.24) is 14.9 Å². The van der Waals surface area contributed by atoms with Gasteiger partial charge >= 0.3 is 18.4 Å². The Morgan fingerprint density at radius 2 is 1.41 bits per heavy atom. The minimum atomic E-state index is -4.56. The van der Waals surface area contributed by atoms with Gasteiger partial charge in [0.1, 0.15) is 23.4 Å². The minimum Gasteiger partial charge on any atom is -0.444 e. The molecule has 1 amide bonds. The quantitative estimate of drug-likeness (QED) is 0.364. The molecule has 13 heteroatoms. The number of likely N-dealkylation sites (tertiary alicyclic amines) is 1. The van der Waals surface area contributed by atoms with Crippen LogP contribution >= 0.6 is 0 Å². The lowest BCUT2D eigenvalue weighted by atomic mass is 9.99. The van der Waals surface area contributed by atoms with Crippen LogP contribution in [0.2, 0.25) is 0 Å². The van der Waals surface area contributed by atoms with Crippen molar-refractivity contribution in [2.75, 3.05) is 17.2 Å². The zero-order valence-electron chi connectivity index (χ0n) is 20.3. The number of rotatable bonds is 5. The molecule has 1 saturated carbocycles. The Kier molecular flexibility index (Phi) is 6.93. The summed E-state index contributed by atoms with van der Waals surface area (Å²) in [7, 11) is 0. The van der Waals surface area contributed by atoms with E-state index in [1.165, 1.54) is 0 Å². The molecule has 2 aromatic rings. The van der Waals surface area contributed by atoms with E-state index in [2.05, 4.69) is 20.6 Å². The maximum absolute atomic E-state index is 13.1. The summed E-state index contributed by atoms with van der Waals surface area (Å²) in [5.74, 6) is 0.827. The molecule has 2 fully saturated rings. The summed E-state index contributed by atoms with van der Waals surface area (Å²) < 4.78 is 83.5. The normalized spacial score (nSPS) is 21.9. The second kappa shape index (κ2) is 9.56. The van der Waals surface area contributed by atoms with Crippen LogP contribution in [0.25, 0.3) is 0 Å². The maximum Gasteiger partial charge on any atom is 0.417 e. The van der Waals surface area contributed by atoms with Gasteiger partial charge in [-0.15, -0.1) is 0 Å². The molecule has 1 aliphatic heterocycles. The Bertz CT molecular complexity index is 1040. The third-order valence-corrected chi connectivity index (χ3v) is 6.25. The van der Waals surface area contributed by atoms with Crippen molar-refractivity contribution in [1.29, 1.82) is 0 Å². The summed E-state index contributed by atoms with van der Waals surface area (Å²) in [6, 6.07) is 3.49. The van der Waals surface area contributed by atoms with Gasteiger partial charge in [0.2, 0.25) is 0 Å². The van der Waals surface area contributed by atoms with E-state index in [1.54, 1.807) is 25.7 Å². The number of piperidine rings is 1. The first-order valence-corrected chi connectivity index (χ1v) is 11.7. The first kappa shape index (κ1) is 26.8. The first-order chi connectivity index (χ1) is 17.1. The Morgan fingerprint density at radius 3 is 1.81 bits per heavy atom. The molecule has 0 radical (unpaired) electrons. The van der Waals surface area contributed by atoms with Gasteiger partial charge in [0.25, 0.3) is 0 Å². The van der Waals surface area contributed by atoms with Crippen LogP contribution in [-0.2, 0) is 17.1 Å². The molecular weight excluding hydrogens is 504 g/mol. The summed E-state index contributed by atoms with van der Waals surface area (Å²) >= 11 is 0. The number of nitrogens with one attached hydrogen (secondary N) is 2. The molecule has 7 nitrogen and oxygen atoms in total. The van der Waals surface area contributed by atoms with Crippen LogP contribution in [0.3, 0.4) is 0 Å². The molecule has 2 aromatic heterocycles. The molecule has 1 aliphatic carbocycles. The van der Waals surface area contributed by atoms with Gasteiger partial charge in [0, 0.05) is 18.9 Å². The zero-order valence-corrected chi connectivity index (χ0v) is 20.3. The number of hydrogen-bond acceptors (Lipinski definition) is 6. The van der Waals surface area contributed by atoms with Crippen molar-refractivity contribution in [2.24, 2.45) is 11.8 Å². The summed E-state index contributed by atoms with van der Waals surface area (Å²) in [6.45, 7) is 5.62. The lowest BCUT2D eigenvalue weighted by Gasteiger charge is -2.41. The van der Waals surface area contributed by atoms with Gasteiger partial charge in [-0.25, -0.2) is 14.8 Å². The van der Waals surface area contributed by atoms with Crippen molar-refractivity contribution in [2.45, 2.75) is 63.8 Å². The fraction of sp³-hybridized carbons (Fsp3) is 0.542. The number of alkyl halides is 6. The Balaban J connectivity index is 1.62. The molecule has 2 aliphatic rings. The van der Waals surface area contributed by atoms with E-state index in [1.807, 2.05) is 0 Å². The molecular formula is C24H27F6N5O2. The number of anilines is 2. The number of fused-ring (bicyclic) bond motifs is 1. The van der Waals surface area contributed by atoms with E-state index in [4.69, 9.17) is 4.74 Å². The lowest BCUT2D eigenvalue weighted by molar-refractivity contribution is -0.138. The number of hydrogen-bond donors (Lipinski definition) is 2. The number of ether oxygens (including phenoxy) is 1. The molecule has 0 bridgehead atoms. The Morgan fingerprint density at radius 1 is 0.892 bits per heavy atom. The fourth-order valence-corrected chi connectivity index (χ4v) is 4.34. The monoisotopic (exact) mass is 531 g/mol. The van der Waals surface area contributed by atoms with Gasteiger partial charge < -0.3 is 20.3 Å². The highest BCUT2D eigenvalue weighted by Crippen LogP contribution is 2.48. The topological polar surface area (TPSA) is 79.4 Å². The van der Waals surface area contributed by atoms with Crippen LogP contribution in [0.5, 0.6) is 0 Å². The molecule has 3 heterocycles. The van der Waals surface area contributed by atoms with Crippen LogP contribution in [0.15, 0.2) is 36.7 Å². The lowest BCUT2D eigenvalue weighted by Crippen LogP contribution is -2.56. The highest BCUT2D eigenvalue weighted by molar-refractivity contribution is 5.69. The molecule has 2 N–H and O–H groups in total. The Hall–Kier alpha value is -3.25. The standard InChI is InChI=1S/C24H27F6N5O2/c1-22(2,3)37-21(36)35-12-14-8-13(14)9-17(35)20(33-18-6-4-15(10-31-18)23(25,26)27)34-19-7-5-16(11-32-19)24(28,29)30/h4-7,10-11,13-14,17,20H,8-9,12H2,1-3H3,(H,31,33)(H,32,34)/t13-,14+,17+/m1/s1. The summed E-state index contributed by atoms with van der Waals surface area (Å²) in [5, 5.41) is 6.01. The van der Waals surface area contributed by atoms with E-state index in [0.717, 1.165) is 30.7 Å². The number of carbonyl (C=O) groups is 1. The van der Waals surface area contributed by atoms with Crippen LogP contribution < -0.4 is 10.6 Å². The van der Waals surface area contributed by atoms with E-state index in [-0.39, 0.29) is 11.6 Å². The summed E-state index contributed by atoms with van der Waals surface area (Å²) in [6.07, 6.45) is -7.70. The number of nitrogens with zero attached hydrogens (tertiary/aromatic N) is 3. The molecule has 0 unspecified atom stereocenters. The van der Waals surface area contributed by atoms with Crippen LogP contribution in [0.1, 0.15) is 44.7 Å². The second-order valence-electron chi connectivity index (χ2n) is 10.3. The third-order valence-electron chi connectivity index (χ3n) is 6.25. The molecule has 37 heavy (non-hydrogen) atoms. The fourth-order valence-electron chi connectivity index (χ4n) is 4.34. The molecule has 1 saturated heterocycles. The van der Waals surface area contributed by atoms with Crippen molar-refractivity contribution in [3.05, 3.63) is 47.8 Å². The predicted octanol–water partition coefficient (Wildman–Crippen LogP) is 6.01. The average Bonchev–Trinajstić information content (AvgIpc) is 3.55. The number of amides is 1. The largest absolute Gasteiger partial charge is 0.444 e. The van der Waals surface area contributed by atoms with Crippen LogP contribution in [0.4, 0.5) is 42.8 Å². The number of aromatic nitrogens is 2. The highest BCUT2D eigenvalue weighted by atomic mass is 19.4. The number of pyridine rings is 2. The highest BCUT2D eigenvalue weighted by Gasteiger charge is 2.50. The van der Waals surface area contributed by atoms with E-state index in [0.29, 0.717) is 37.2 Å². The SMILES string of the molecule is CC(C)(C)OC(=O)N1C[C@@H]2C[C@@H]2C[C@H]1C(Nc1ccc(C(F)(F)F)cn1)Nc1ccc(C(F)(F)F)cn1.